The first-order valence-corrected chi connectivity index (χ1v) is 9.39. The first kappa shape index (κ1) is 21.3. The van der Waals surface area contributed by atoms with Crippen LogP contribution in [0.25, 0.3) is 0 Å². The maximum Gasteiger partial charge on any atom is 0.418 e. The molecule has 8 heteroatoms. The Hall–Kier alpha value is -2.44. The number of hydrogen-bond donors (Lipinski definition) is 0. The highest BCUT2D eigenvalue weighted by molar-refractivity contribution is 6.42. The summed E-state index contributed by atoms with van der Waals surface area (Å²) in [4.78, 5) is 20.6. The normalized spacial score (nSPS) is 12.6. The highest BCUT2D eigenvalue weighted by Gasteiger charge is 2.37. The van der Waals surface area contributed by atoms with Crippen molar-refractivity contribution in [1.82, 2.24) is 9.97 Å². The lowest BCUT2D eigenvalue weighted by atomic mass is 9.86. The number of Topliss-reactive ketones (excluding diaryl/α,β-unsaturated/α-hetero) is 1. The summed E-state index contributed by atoms with van der Waals surface area (Å²) < 4.78 is 40.7. The Morgan fingerprint density at radius 1 is 1.03 bits per heavy atom. The minimum atomic E-state index is -4.61. The Kier molecular flexibility index (Phi) is 6.55. The molecule has 0 saturated heterocycles. The number of halogens is 5. The monoisotopic (exact) mass is 438 g/mol. The minimum absolute atomic E-state index is 0.0554. The number of carbonyl (C=O) groups excluding carboxylic acids is 1. The van der Waals surface area contributed by atoms with Crippen LogP contribution in [0.2, 0.25) is 10.0 Å². The van der Waals surface area contributed by atoms with Crippen molar-refractivity contribution < 1.29 is 18.0 Å². The third-order valence-corrected chi connectivity index (χ3v) is 5.11. The third kappa shape index (κ3) is 5.34. The Labute approximate surface area is 175 Å². The predicted octanol–water partition coefficient (Wildman–Crippen LogP) is 6.14. The van der Waals surface area contributed by atoms with Gasteiger partial charge in [-0.2, -0.15) is 13.2 Å². The lowest BCUT2D eigenvalue weighted by Gasteiger charge is -2.21. The van der Waals surface area contributed by atoms with Crippen LogP contribution in [0.1, 0.15) is 34.7 Å². The molecule has 150 valence electrons. The maximum atomic E-state index is 13.6. The molecule has 1 atom stereocenters. The molecule has 2 aromatic heterocycles. The van der Waals surface area contributed by atoms with Crippen LogP contribution in [0, 0.1) is 0 Å². The summed E-state index contributed by atoms with van der Waals surface area (Å²) in [6, 6.07) is 10.1. The molecule has 2 heterocycles. The molecule has 0 saturated carbocycles. The van der Waals surface area contributed by atoms with Crippen LogP contribution >= 0.6 is 23.2 Å². The first-order chi connectivity index (χ1) is 13.8. The van der Waals surface area contributed by atoms with Gasteiger partial charge in [0.25, 0.3) is 0 Å². The Morgan fingerprint density at radius 3 is 2.45 bits per heavy atom. The minimum Gasteiger partial charge on any atom is -0.299 e. The van der Waals surface area contributed by atoms with Crippen LogP contribution < -0.4 is 0 Å². The largest absolute Gasteiger partial charge is 0.418 e. The van der Waals surface area contributed by atoms with Crippen molar-refractivity contribution in [3.05, 3.63) is 93.5 Å². The Balaban J connectivity index is 2.01. The number of nitrogens with zero attached hydrogens (tertiary/aromatic N) is 2. The van der Waals surface area contributed by atoms with E-state index in [9.17, 15) is 18.0 Å². The summed E-state index contributed by atoms with van der Waals surface area (Å²) in [6.45, 7) is 0. The maximum absolute atomic E-state index is 13.6. The van der Waals surface area contributed by atoms with E-state index in [4.69, 9.17) is 23.2 Å². The van der Waals surface area contributed by atoms with Crippen molar-refractivity contribution in [3.63, 3.8) is 0 Å². The van der Waals surface area contributed by atoms with Gasteiger partial charge in [-0.1, -0.05) is 35.3 Å². The number of hydrogen-bond acceptors (Lipinski definition) is 3. The van der Waals surface area contributed by atoms with Gasteiger partial charge in [0.15, 0.2) is 0 Å². The van der Waals surface area contributed by atoms with E-state index in [1.165, 1.54) is 24.4 Å². The van der Waals surface area contributed by atoms with E-state index >= 15 is 0 Å². The molecule has 29 heavy (non-hydrogen) atoms. The molecule has 0 aliphatic rings. The fraction of sp³-hybridized carbons (Fsp3) is 0.190. The van der Waals surface area contributed by atoms with E-state index in [2.05, 4.69) is 9.97 Å². The molecule has 0 radical (unpaired) electrons. The SMILES string of the molecule is O=C(Cc1cccnc1)C[C@@H](c1ccc(Cl)c(Cl)c1)c1ncccc1C(F)(F)F. The zero-order valence-corrected chi connectivity index (χ0v) is 16.5. The van der Waals surface area contributed by atoms with Gasteiger partial charge in [0.05, 0.1) is 21.3 Å². The molecule has 0 spiro atoms. The van der Waals surface area contributed by atoms with Crippen LogP contribution in [0.4, 0.5) is 13.2 Å². The predicted molar refractivity (Wildman–Crippen MR) is 105 cm³/mol. The smallest absolute Gasteiger partial charge is 0.299 e. The van der Waals surface area contributed by atoms with E-state index < -0.39 is 17.7 Å². The summed E-state index contributed by atoms with van der Waals surface area (Å²) in [5.41, 5.74) is 0.00812. The Morgan fingerprint density at radius 2 is 1.79 bits per heavy atom. The number of aromatic nitrogens is 2. The van der Waals surface area contributed by atoms with Crippen molar-refractivity contribution in [1.29, 1.82) is 0 Å². The zero-order valence-electron chi connectivity index (χ0n) is 15.0. The van der Waals surface area contributed by atoms with Crippen LogP contribution in [0.3, 0.4) is 0 Å². The summed E-state index contributed by atoms with van der Waals surface area (Å²) in [6.07, 6.45) is -0.318. The number of carbonyl (C=O) groups is 1. The molecular formula is C21H15Cl2F3N2O. The van der Waals surface area contributed by atoms with Crippen LogP contribution in [-0.2, 0) is 17.4 Å². The van der Waals surface area contributed by atoms with Crippen LogP contribution in [-0.4, -0.2) is 15.8 Å². The average molecular weight is 439 g/mol. The second-order valence-electron chi connectivity index (χ2n) is 6.44. The molecule has 0 N–H and O–H groups in total. The number of ketones is 1. The summed E-state index contributed by atoms with van der Waals surface area (Å²) >= 11 is 12.0. The molecule has 0 aliphatic carbocycles. The second kappa shape index (κ2) is 8.93. The molecule has 0 aliphatic heterocycles. The van der Waals surface area contributed by atoms with Gasteiger partial charge in [-0.05, 0) is 41.5 Å². The lowest BCUT2D eigenvalue weighted by Crippen LogP contribution is -2.18. The average Bonchev–Trinajstić information content (AvgIpc) is 2.68. The van der Waals surface area contributed by atoms with Crippen molar-refractivity contribution in [3.8, 4) is 0 Å². The van der Waals surface area contributed by atoms with Gasteiger partial charge in [-0.15, -0.1) is 0 Å². The van der Waals surface area contributed by atoms with Gasteiger partial charge in [0, 0.05) is 37.4 Å². The topological polar surface area (TPSA) is 42.9 Å². The van der Waals surface area contributed by atoms with Crippen molar-refractivity contribution >= 4 is 29.0 Å². The number of rotatable bonds is 6. The fourth-order valence-corrected chi connectivity index (χ4v) is 3.37. The van der Waals surface area contributed by atoms with E-state index in [1.807, 2.05) is 0 Å². The van der Waals surface area contributed by atoms with Gasteiger partial charge in [-0.3, -0.25) is 14.8 Å². The molecule has 3 nitrogen and oxygen atoms in total. The molecular weight excluding hydrogens is 424 g/mol. The van der Waals surface area contributed by atoms with E-state index in [0.717, 1.165) is 6.07 Å². The van der Waals surface area contributed by atoms with E-state index in [0.29, 0.717) is 11.1 Å². The molecule has 0 unspecified atom stereocenters. The van der Waals surface area contributed by atoms with Gasteiger partial charge >= 0.3 is 6.18 Å². The highest BCUT2D eigenvalue weighted by atomic mass is 35.5. The van der Waals surface area contributed by atoms with Gasteiger partial charge in [0.1, 0.15) is 5.78 Å². The molecule has 0 amide bonds. The molecule has 3 aromatic rings. The van der Waals surface area contributed by atoms with Crippen molar-refractivity contribution in [2.24, 2.45) is 0 Å². The Bertz CT molecular complexity index is 1010. The van der Waals surface area contributed by atoms with E-state index in [-0.39, 0.29) is 34.4 Å². The summed E-state index contributed by atoms with van der Waals surface area (Å²) in [7, 11) is 0. The fourth-order valence-electron chi connectivity index (χ4n) is 3.07. The zero-order chi connectivity index (χ0) is 21.0. The second-order valence-corrected chi connectivity index (χ2v) is 7.26. The quantitative estimate of drug-likeness (QED) is 0.464. The molecule has 1 aromatic carbocycles. The lowest BCUT2D eigenvalue weighted by molar-refractivity contribution is -0.138. The summed E-state index contributed by atoms with van der Waals surface area (Å²) in [5.74, 6) is -1.17. The standard InChI is InChI=1S/C21H15Cl2F3N2O/c22-18-6-5-14(10-19(18)23)16(11-15(29)9-13-3-1-7-27-12-13)20-17(21(24,25)26)4-2-8-28-20/h1-8,10,12,16H,9,11H2/t16-/m0/s1. The molecule has 3 rings (SSSR count). The van der Waals surface area contributed by atoms with Gasteiger partial charge in [-0.25, -0.2) is 0 Å². The van der Waals surface area contributed by atoms with Crippen LogP contribution in [0.15, 0.2) is 61.1 Å². The van der Waals surface area contributed by atoms with E-state index in [1.54, 1.807) is 30.6 Å². The third-order valence-electron chi connectivity index (χ3n) is 4.38. The summed E-state index contributed by atoms with van der Waals surface area (Å²) in [5, 5.41) is 0.464. The van der Waals surface area contributed by atoms with Crippen molar-refractivity contribution in [2.45, 2.75) is 24.9 Å². The number of alkyl halides is 3. The van der Waals surface area contributed by atoms with Gasteiger partial charge < -0.3 is 0 Å². The molecule has 0 fully saturated rings. The molecule has 0 bridgehead atoms. The highest BCUT2D eigenvalue weighted by Crippen LogP contribution is 2.39. The first-order valence-electron chi connectivity index (χ1n) is 8.63. The van der Waals surface area contributed by atoms with Gasteiger partial charge in [0.2, 0.25) is 0 Å². The van der Waals surface area contributed by atoms with Crippen LogP contribution in [0.5, 0.6) is 0 Å². The number of pyridine rings is 2. The van der Waals surface area contributed by atoms with Crippen molar-refractivity contribution in [2.75, 3.05) is 0 Å². The number of benzene rings is 1.